The Bertz CT molecular complexity index is 487. The zero-order chi connectivity index (χ0) is 22.0. The van der Waals surface area contributed by atoms with Gasteiger partial charge in [0.05, 0.1) is 0 Å². The highest BCUT2D eigenvalue weighted by Gasteiger charge is 2.99. The smallest absolute Gasteiger partial charge is 0.222 e. The molecule has 0 aliphatic heterocycles. The zero-order valence-electron chi connectivity index (χ0n) is 10.8. The van der Waals surface area contributed by atoms with Gasteiger partial charge in [0.25, 0.3) is 0 Å². The molecule has 0 amide bonds. The second-order valence-electron chi connectivity index (χ2n) is 4.45. The van der Waals surface area contributed by atoms with Gasteiger partial charge >= 0.3 is 47.9 Å². The third kappa shape index (κ3) is 2.82. The minimum Gasteiger partial charge on any atom is -0.222 e. The Kier molecular flexibility index (Phi) is 5.35. The summed E-state index contributed by atoms with van der Waals surface area (Å²) < 4.78 is 222. The van der Waals surface area contributed by atoms with Crippen LogP contribution in [0.25, 0.3) is 0 Å². The SMILES string of the molecule is FC(F)(F)C(F)(F)C(F)(F)C(F)(C(F)(F)C(F)(F)F)C(F)(F)C(F)(F)F. The number of hydrogen-bond acceptors (Lipinski definition) is 0. The minimum absolute atomic E-state index is 8.00. The third-order valence-corrected chi connectivity index (χ3v) is 2.76. The molecule has 158 valence electrons. The van der Waals surface area contributed by atoms with E-state index in [-0.39, 0.29) is 0 Å². The van der Waals surface area contributed by atoms with Crippen molar-refractivity contribution >= 4 is 0 Å². The summed E-state index contributed by atoms with van der Waals surface area (Å²) in [6, 6.07) is 0. The van der Waals surface area contributed by atoms with E-state index >= 15 is 0 Å². The lowest BCUT2D eigenvalue weighted by Gasteiger charge is -2.45. The van der Waals surface area contributed by atoms with E-state index in [2.05, 4.69) is 0 Å². The van der Waals surface area contributed by atoms with Gasteiger partial charge < -0.3 is 0 Å². The van der Waals surface area contributed by atoms with Gasteiger partial charge in [0.2, 0.25) is 0 Å². The van der Waals surface area contributed by atoms with Crippen molar-refractivity contribution in [2.75, 3.05) is 0 Å². The molecule has 0 aromatic carbocycles. The predicted octanol–water partition coefficient (Wildman–Crippen LogP) is 5.92. The van der Waals surface area contributed by atoms with Gasteiger partial charge in [0, 0.05) is 0 Å². The molecule has 0 aliphatic carbocycles. The molecule has 18 heteroatoms. The second kappa shape index (κ2) is 5.62. The fourth-order valence-corrected chi connectivity index (χ4v) is 1.38. The minimum atomic E-state index is -9.12. The molecular formula is C8F18. The molecule has 0 unspecified atom stereocenters. The van der Waals surface area contributed by atoms with Crippen LogP contribution >= 0.6 is 0 Å². The number of hydrogen-bond donors (Lipinski definition) is 0. The van der Waals surface area contributed by atoms with E-state index in [1.165, 1.54) is 0 Å². The maximum absolute atomic E-state index is 13.5. The maximum atomic E-state index is 13.5. The molecule has 0 heterocycles. The molecule has 0 fully saturated rings. The molecule has 0 saturated carbocycles. The molecular weight excluding hydrogens is 438 g/mol. The fraction of sp³-hybridized carbons (Fsp3) is 1.00. The average Bonchev–Trinajstić information content (AvgIpc) is 2.32. The highest BCUT2D eigenvalue weighted by atomic mass is 19.4. The Balaban J connectivity index is 7.27. The Morgan fingerprint density at radius 2 is 0.423 bits per heavy atom. The van der Waals surface area contributed by atoms with Crippen LogP contribution < -0.4 is 0 Å². The molecule has 0 nitrogen and oxygen atoms in total. The van der Waals surface area contributed by atoms with Crippen molar-refractivity contribution in [2.45, 2.75) is 47.9 Å². The Morgan fingerprint density at radius 1 is 0.231 bits per heavy atom. The van der Waals surface area contributed by atoms with Crippen molar-refractivity contribution in [2.24, 2.45) is 0 Å². The maximum Gasteiger partial charge on any atom is 0.460 e. The summed E-state index contributed by atoms with van der Waals surface area (Å²) in [5.74, 6) is -34.9. The van der Waals surface area contributed by atoms with Gasteiger partial charge in [0.1, 0.15) is 0 Å². The molecule has 0 saturated heterocycles. The monoisotopic (exact) mass is 438 g/mol. The van der Waals surface area contributed by atoms with Crippen molar-refractivity contribution in [1.29, 1.82) is 0 Å². The average molecular weight is 438 g/mol. The molecule has 26 heavy (non-hydrogen) atoms. The molecule has 0 N–H and O–H groups in total. The van der Waals surface area contributed by atoms with E-state index in [1.54, 1.807) is 0 Å². The van der Waals surface area contributed by atoms with Crippen LogP contribution in [0.4, 0.5) is 79.0 Å². The zero-order valence-corrected chi connectivity index (χ0v) is 10.8. The van der Waals surface area contributed by atoms with Gasteiger partial charge in [-0.3, -0.25) is 0 Å². The largest absolute Gasteiger partial charge is 0.460 e. The van der Waals surface area contributed by atoms with Crippen molar-refractivity contribution in [3.63, 3.8) is 0 Å². The lowest BCUT2D eigenvalue weighted by atomic mass is 9.79. The van der Waals surface area contributed by atoms with Gasteiger partial charge in [-0.25, -0.2) is 4.39 Å². The first-order valence-electron chi connectivity index (χ1n) is 5.15. The Morgan fingerprint density at radius 3 is 0.577 bits per heavy atom. The summed E-state index contributed by atoms with van der Waals surface area (Å²) in [4.78, 5) is 0. The van der Waals surface area contributed by atoms with E-state index in [0.717, 1.165) is 0 Å². The molecule has 0 rings (SSSR count). The van der Waals surface area contributed by atoms with Crippen LogP contribution in [0.3, 0.4) is 0 Å². The van der Waals surface area contributed by atoms with Crippen LogP contribution in [0.2, 0.25) is 0 Å². The molecule has 0 atom stereocenters. The lowest BCUT2D eigenvalue weighted by Crippen LogP contribution is -2.79. The summed E-state index contributed by atoms with van der Waals surface area (Å²) in [6.45, 7) is 0. The summed E-state index contributed by atoms with van der Waals surface area (Å²) in [6.07, 6.45) is -24.3. The standard InChI is InChI=1S/C8F18/c9-1(3(12,13)6(18,19)20,4(14,15)7(21,22)23)2(10,11)5(16,17)8(24,25)26. The summed E-state index contributed by atoms with van der Waals surface area (Å²) >= 11 is 0. The van der Waals surface area contributed by atoms with E-state index in [1.807, 2.05) is 0 Å². The molecule has 0 spiro atoms. The second-order valence-corrected chi connectivity index (χ2v) is 4.45. The summed E-state index contributed by atoms with van der Waals surface area (Å²) in [7, 11) is 0. The first-order valence-corrected chi connectivity index (χ1v) is 5.15. The van der Waals surface area contributed by atoms with Crippen molar-refractivity contribution in [3.05, 3.63) is 0 Å². The van der Waals surface area contributed by atoms with E-state index < -0.39 is 47.9 Å². The van der Waals surface area contributed by atoms with Crippen molar-refractivity contribution in [3.8, 4) is 0 Å². The lowest BCUT2D eigenvalue weighted by molar-refractivity contribution is -0.477. The summed E-state index contributed by atoms with van der Waals surface area (Å²) in [5, 5.41) is 0. The van der Waals surface area contributed by atoms with Gasteiger partial charge in [-0.2, -0.15) is 74.6 Å². The van der Waals surface area contributed by atoms with Crippen LogP contribution in [-0.4, -0.2) is 47.9 Å². The van der Waals surface area contributed by atoms with Crippen LogP contribution in [0.1, 0.15) is 0 Å². The van der Waals surface area contributed by atoms with Crippen LogP contribution in [0.15, 0.2) is 0 Å². The summed E-state index contributed by atoms with van der Waals surface area (Å²) in [5.41, 5.74) is -9.12. The third-order valence-electron chi connectivity index (χ3n) is 2.76. The molecule has 0 bridgehead atoms. The number of rotatable bonds is 4. The van der Waals surface area contributed by atoms with Gasteiger partial charge in [-0.15, -0.1) is 0 Å². The molecule has 0 aliphatic rings. The van der Waals surface area contributed by atoms with Crippen LogP contribution in [0.5, 0.6) is 0 Å². The first kappa shape index (κ1) is 24.7. The van der Waals surface area contributed by atoms with Crippen molar-refractivity contribution in [1.82, 2.24) is 0 Å². The fourth-order valence-electron chi connectivity index (χ4n) is 1.38. The molecule has 0 aromatic heterocycles. The van der Waals surface area contributed by atoms with Gasteiger partial charge in [-0.1, -0.05) is 0 Å². The topological polar surface area (TPSA) is 0 Å². The first-order chi connectivity index (χ1) is 10.8. The van der Waals surface area contributed by atoms with E-state index in [9.17, 15) is 79.0 Å². The van der Waals surface area contributed by atoms with Crippen LogP contribution in [0, 0.1) is 0 Å². The normalized spacial score (nSPS) is 16.8. The highest BCUT2D eigenvalue weighted by molar-refractivity contribution is 5.21. The van der Waals surface area contributed by atoms with Crippen LogP contribution in [-0.2, 0) is 0 Å². The highest BCUT2D eigenvalue weighted by Crippen LogP contribution is 2.66. The Labute approximate surface area is 128 Å². The number of alkyl halides is 18. The van der Waals surface area contributed by atoms with Gasteiger partial charge in [-0.05, 0) is 0 Å². The van der Waals surface area contributed by atoms with E-state index in [0.29, 0.717) is 0 Å². The van der Waals surface area contributed by atoms with Crippen molar-refractivity contribution < 1.29 is 79.0 Å². The molecule has 0 radical (unpaired) electrons. The quantitative estimate of drug-likeness (QED) is 0.478. The van der Waals surface area contributed by atoms with Gasteiger partial charge in [0.15, 0.2) is 0 Å². The number of halogens is 18. The molecule has 0 aromatic rings. The van der Waals surface area contributed by atoms with E-state index in [4.69, 9.17) is 0 Å². The Hall–Kier alpha value is -1.26. The predicted molar refractivity (Wildman–Crippen MR) is 41.8 cm³/mol.